The lowest BCUT2D eigenvalue weighted by molar-refractivity contribution is -0.132. The van der Waals surface area contributed by atoms with Crippen LogP contribution in [0.4, 0.5) is 5.69 Å². The van der Waals surface area contributed by atoms with Crippen molar-refractivity contribution in [1.82, 2.24) is 0 Å². The largest absolute Gasteiger partial charge is 0.507 e. The second-order valence-electron chi connectivity index (χ2n) is 9.63. The molecule has 3 aromatic rings. The molecule has 1 saturated heterocycles. The molecule has 0 saturated carbocycles. The number of ether oxygens (including phenoxy) is 2. The molecule has 0 radical (unpaired) electrons. The Hall–Kier alpha value is -4.06. The molecule has 6 nitrogen and oxygen atoms in total. The predicted molar refractivity (Wildman–Crippen MR) is 145 cm³/mol. The first-order valence-electron chi connectivity index (χ1n) is 12.6. The molecule has 0 spiro atoms. The smallest absolute Gasteiger partial charge is 0.300 e. The lowest BCUT2D eigenvalue weighted by Crippen LogP contribution is -2.29. The number of Topliss-reactive ketones (excluding diaryl/α,β-unsaturated/α-hetero) is 1. The van der Waals surface area contributed by atoms with Gasteiger partial charge in [0.1, 0.15) is 17.3 Å². The number of nitrogens with zero attached hydrogens (tertiary/aromatic N) is 1. The molecule has 3 aromatic carbocycles. The number of rotatable bonds is 8. The number of aryl methyl sites for hydroxylation is 2. The fourth-order valence-corrected chi connectivity index (χ4v) is 4.64. The molecule has 1 N–H and O–H groups in total. The first-order chi connectivity index (χ1) is 17.7. The van der Waals surface area contributed by atoms with Crippen LogP contribution < -0.4 is 14.4 Å². The molecule has 1 aliphatic heterocycles. The van der Waals surface area contributed by atoms with E-state index in [0.717, 1.165) is 17.5 Å². The summed E-state index contributed by atoms with van der Waals surface area (Å²) in [5.74, 6) is -0.471. The van der Waals surface area contributed by atoms with Crippen LogP contribution in [0.2, 0.25) is 0 Å². The Morgan fingerprint density at radius 1 is 0.946 bits per heavy atom. The summed E-state index contributed by atoms with van der Waals surface area (Å²) in [5.41, 5.74) is 3.63. The third-order valence-corrected chi connectivity index (χ3v) is 6.05. The first kappa shape index (κ1) is 26.0. The Kier molecular flexibility index (Phi) is 7.67. The number of aliphatic hydroxyl groups is 1. The van der Waals surface area contributed by atoms with Gasteiger partial charge in [-0.1, -0.05) is 37.3 Å². The van der Waals surface area contributed by atoms with Crippen molar-refractivity contribution in [1.29, 1.82) is 0 Å². The van der Waals surface area contributed by atoms with Gasteiger partial charge in [0.2, 0.25) is 0 Å². The molecule has 0 aliphatic carbocycles. The van der Waals surface area contributed by atoms with Crippen molar-refractivity contribution in [3.63, 3.8) is 0 Å². The number of hydrogen-bond acceptors (Lipinski definition) is 5. The van der Waals surface area contributed by atoms with Crippen LogP contribution in [0.3, 0.4) is 0 Å². The van der Waals surface area contributed by atoms with Crippen LogP contribution >= 0.6 is 0 Å². The van der Waals surface area contributed by atoms with Gasteiger partial charge in [-0.3, -0.25) is 14.5 Å². The third kappa shape index (κ3) is 5.53. The van der Waals surface area contributed by atoms with Gasteiger partial charge in [0.05, 0.1) is 24.3 Å². The van der Waals surface area contributed by atoms with Gasteiger partial charge in [0.25, 0.3) is 11.7 Å². The minimum atomic E-state index is -0.836. The fourth-order valence-electron chi connectivity index (χ4n) is 4.64. The van der Waals surface area contributed by atoms with Crippen LogP contribution in [0, 0.1) is 13.8 Å². The van der Waals surface area contributed by atoms with Gasteiger partial charge >= 0.3 is 0 Å². The zero-order valence-electron chi connectivity index (χ0n) is 21.9. The van der Waals surface area contributed by atoms with Crippen LogP contribution in [0.25, 0.3) is 5.76 Å². The quantitative estimate of drug-likeness (QED) is 0.217. The molecule has 1 unspecified atom stereocenters. The Morgan fingerprint density at radius 3 is 2.30 bits per heavy atom. The summed E-state index contributed by atoms with van der Waals surface area (Å²) in [6.45, 7) is 10.3. The van der Waals surface area contributed by atoms with Gasteiger partial charge in [-0.15, -0.1) is 0 Å². The number of aliphatic hydroxyl groups excluding tert-OH is 1. The molecule has 1 fully saturated rings. The molecule has 1 amide bonds. The van der Waals surface area contributed by atoms with Gasteiger partial charge in [-0.2, -0.15) is 0 Å². The van der Waals surface area contributed by atoms with Crippen LogP contribution in [-0.4, -0.2) is 29.5 Å². The third-order valence-electron chi connectivity index (χ3n) is 6.05. The Morgan fingerprint density at radius 2 is 1.62 bits per heavy atom. The number of amides is 1. The summed E-state index contributed by atoms with van der Waals surface area (Å²) in [6, 6.07) is 19.2. The van der Waals surface area contributed by atoms with E-state index in [9.17, 15) is 14.7 Å². The van der Waals surface area contributed by atoms with Gasteiger partial charge in [0.15, 0.2) is 0 Å². The van der Waals surface area contributed by atoms with E-state index in [1.165, 1.54) is 4.90 Å². The fraction of sp³-hybridized carbons (Fsp3) is 0.290. The topological polar surface area (TPSA) is 76.1 Å². The number of carbonyl (C=O) groups excluding carboxylic acids is 2. The second-order valence-corrected chi connectivity index (χ2v) is 9.63. The molecule has 1 aliphatic rings. The van der Waals surface area contributed by atoms with Crippen molar-refractivity contribution in [2.24, 2.45) is 0 Å². The summed E-state index contributed by atoms with van der Waals surface area (Å²) in [6.07, 6.45) is 0.790. The standard InChI is InChI=1S/C31H33NO5/c1-6-13-36-25-11-8-10-23(18-25)29(33)27-28(22-9-7-12-26(17-22)37-19(2)3)32(31(35)30(27)34)24-15-20(4)14-21(5)16-24/h7-12,14-19,28,33H,6,13H2,1-5H3/b29-27+. The molecule has 4 rings (SSSR count). The van der Waals surface area contributed by atoms with E-state index >= 15 is 0 Å². The highest BCUT2D eigenvalue weighted by Gasteiger charge is 2.47. The van der Waals surface area contributed by atoms with E-state index in [1.807, 2.05) is 77.1 Å². The molecule has 1 atom stereocenters. The van der Waals surface area contributed by atoms with E-state index in [4.69, 9.17) is 9.47 Å². The van der Waals surface area contributed by atoms with E-state index in [0.29, 0.717) is 34.9 Å². The Labute approximate surface area is 218 Å². The monoisotopic (exact) mass is 499 g/mol. The van der Waals surface area contributed by atoms with Gasteiger partial charge in [-0.25, -0.2) is 0 Å². The Bertz CT molecular complexity index is 1340. The first-order valence-corrected chi connectivity index (χ1v) is 12.6. The summed E-state index contributed by atoms with van der Waals surface area (Å²) < 4.78 is 11.6. The maximum Gasteiger partial charge on any atom is 0.300 e. The van der Waals surface area contributed by atoms with Crippen molar-refractivity contribution < 1.29 is 24.2 Å². The minimum Gasteiger partial charge on any atom is -0.507 e. The van der Waals surface area contributed by atoms with Crippen molar-refractivity contribution in [3.05, 3.63) is 94.6 Å². The lowest BCUT2D eigenvalue weighted by Gasteiger charge is -2.26. The molecule has 192 valence electrons. The molecule has 0 aromatic heterocycles. The van der Waals surface area contributed by atoms with E-state index < -0.39 is 17.7 Å². The molecule has 6 heteroatoms. The van der Waals surface area contributed by atoms with E-state index in [2.05, 4.69) is 0 Å². The minimum absolute atomic E-state index is 0.0264. The van der Waals surface area contributed by atoms with E-state index in [1.54, 1.807) is 24.3 Å². The molecule has 1 heterocycles. The van der Waals surface area contributed by atoms with Crippen LogP contribution in [-0.2, 0) is 9.59 Å². The van der Waals surface area contributed by atoms with Crippen molar-refractivity contribution in [2.45, 2.75) is 53.2 Å². The molecule has 0 bridgehead atoms. The lowest BCUT2D eigenvalue weighted by atomic mass is 9.94. The average Bonchev–Trinajstić information content (AvgIpc) is 3.12. The van der Waals surface area contributed by atoms with Gasteiger partial charge in [0, 0.05) is 11.3 Å². The zero-order chi connectivity index (χ0) is 26.7. The van der Waals surface area contributed by atoms with Crippen LogP contribution in [0.5, 0.6) is 11.5 Å². The highest BCUT2D eigenvalue weighted by atomic mass is 16.5. The Balaban J connectivity index is 1.92. The van der Waals surface area contributed by atoms with Crippen molar-refractivity contribution >= 4 is 23.1 Å². The maximum absolute atomic E-state index is 13.5. The normalized spacial score (nSPS) is 16.9. The van der Waals surface area contributed by atoms with Crippen molar-refractivity contribution in [2.75, 3.05) is 11.5 Å². The van der Waals surface area contributed by atoms with Gasteiger partial charge in [-0.05, 0) is 87.2 Å². The SMILES string of the molecule is CCCOc1cccc(/C(O)=C2\C(=O)C(=O)N(c3cc(C)cc(C)c3)C2c2cccc(OC(C)C)c2)c1. The molecular formula is C31H33NO5. The second kappa shape index (κ2) is 10.9. The summed E-state index contributed by atoms with van der Waals surface area (Å²) in [5, 5.41) is 11.5. The van der Waals surface area contributed by atoms with Crippen LogP contribution in [0.1, 0.15) is 55.5 Å². The number of carbonyl (C=O) groups is 2. The maximum atomic E-state index is 13.5. The number of benzene rings is 3. The highest BCUT2D eigenvalue weighted by Crippen LogP contribution is 2.43. The average molecular weight is 500 g/mol. The van der Waals surface area contributed by atoms with Crippen LogP contribution in [0.15, 0.2) is 72.3 Å². The predicted octanol–water partition coefficient (Wildman–Crippen LogP) is 6.51. The highest BCUT2D eigenvalue weighted by molar-refractivity contribution is 6.51. The molecular weight excluding hydrogens is 466 g/mol. The zero-order valence-corrected chi connectivity index (χ0v) is 21.9. The van der Waals surface area contributed by atoms with Crippen molar-refractivity contribution in [3.8, 4) is 11.5 Å². The summed E-state index contributed by atoms with van der Waals surface area (Å²) in [4.78, 5) is 28.5. The summed E-state index contributed by atoms with van der Waals surface area (Å²) >= 11 is 0. The number of hydrogen-bond donors (Lipinski definition) is 1. The number of ketones is 1. The number of anilines is 1. The van der Waals surface area contributed by atoms with E-state index in [-0.39, 0.29) is 17.4 Å². The molecule has 37 heavy (non-hydrogen) atoms. The summed E-state index contributed by atoms with van der Waals surface area (Å²) in [7, 11) is 0. The van der Waals surface area contributed by atoms with Gasteiger partial charge < -0.3 is 14.6 Å².